The van der Waals surface area contributed by atoms with E-state index in [4.69, 9.17) is 0 Å². The summed E-state index contributed by atoms with van der Waals surface area (Å²) in [6.45, 7) is 3.32. The monoisotopic (exact) mass is 213 g/mol. The van der Waals surface area contributed by atoms with Gasteiger partial charge in [0, 0.05) is 5.39 Å². The van der Waals surface area contributed by atoms with Crippen LogP contribution in [0.2, 0.25) is 0 Å². The second-order valence-corrected chi connectivity index (χ2v) is 3.22. The molecule has 3 nitrogen and oxygen atoms in total. The van der Waals surface area contributed by atoms with Crippen LogP contribution in [-0.4, -0.2) is 6.09 Å². The molecule has 0 aliphatic carbocycles. The maximum absolute atomic E-state index is 11.3. The quantitative estimate of drug-likeness (QED) is 0.775. The molecular formula is C13H11NO2. The lowest BCUT2D eigenvalue weighted by molar-refractivity contribution is 0.201. The first-order valence-electron chi connectivity index (χ1n) is 4.87. The highest BCUT2D eigenvalue weighted by Gasteiger charge is 2.04. The minimum atomic E-state index is -0.536. The molecule has 1 amide bonds. The van der Waals surface area contributed by atoms with E-state index in [1.165, 1.54) is 0 Å². The second kappa shape index (κ2) is 4.49. The molecule has 0 saturated heterocycles. The average Bonchev–Trinajstić information content (AvgIpc) is 2.30. The Bertz CT molecular complexity index is 529. The Balaban J connectivity index is 2.37. The molecule has 80 valence electrons. The summed E-state index contributed by atoms with van der Waals surface area (Å²) in [6, 6.07) is 13.5. The number of carbonyl (C=O) groups is 1. The number of nitrogens with one attached hydrogen (secondary N) is 1. The Morgan fingerprint density at radius 3 is 2.75 bits per heavy atom. The van der Waals surface area contributed by atoms with E-state index in [2.05, 4.69) is 16.6 Å². The van der Waals surface area contributed by atoms with Gasteiger partial charge >= 0.3 is 6.09 Å². The number of amides is 1. The third-order valence-electron chi connectivity index (χ3n) is 2.22. The summed E-state index contributed by atoms with van der Waals surface area (Å²) >= 11 is 0. The molecule has 2 rings (SSSR count). The summed E-state index contributed by atoms with van der Waals surface area (Å²) in [7, 11) is 0. The standard InChI is InChI=1S/C13H11NO2/c1-2-16-13(15)14-12-9-5-7-10-6-3-4-8-11(10)12/h2-9H,1H2,(H,14,15). The topological polar surface area (TPSA) is 38.3 Å². The number of rotatable bonds is 2. The fourth-order valence-electron chi connectivity index (χ4n) is 1.55. The maximum Gasteiger partial charge on any atom is 0.416 e. The number of hydrogen-bond acceptors (Lipinski definition) is 2. The van der Waals surface area contributed by atoms with Gasteiger partial charge < -0.3 is 4.74 Å². The van der Waals surface area contributed by atoms with E-state index in [9.17, 15) is 4.79 Å². The van der Waals surface area contributed by atoms with Crippen LogP contribution in [0.15, 0.2) is 55.3 Å². The van der Waals surface area contributed by atoms with Crippen LogP contribution in [0.25, 0.3) is 10.8 Å². The predicted octanol–water partition coefficient (Wildman–Crippen LogP) is 3.53. The van der Waals surface area contributed by atoms with Gasteiger partial charge in [0.1, 0.15) is 0 Å². The van der Waals surface area contributed by atoms with Crippen molar-refractivity contribution in [3.05, 3.63) is 55.3 Å². The minimum Gasteiger partial charge on any atom is -0.419 e. The highest BCUT2D eigenvalue weighted by atomic mass is 16.5. The van der Waals surface area contributed by atoms with Crippen molar-refractivity contribution in [3.63, 3.8) is 0 Å². The van der Waals surface area contributed by atoms with Crippen molar-refractivity contribution in [2.45, 2.75) is 0 Å². The minimum absolute atomic E-state index is 0.536. The van der Waals surface area contributed by atoms with Gasteiger partial charge in [0.2, 0.25) is 0 Å². The summed E-state index contributed by atoms with van der Waals surface area (Å²) in [5.74, 6) is 0. The molecule has 0 unspecified atom stereocenters. The van der Waals surface area contributed by atoms with Gasteiger partial charge in [-0.25, -0.2) is 4.79 Å². The van der Waals surface area contributed by atoms with Crippen LogP contribution in [0, 0.1) is 0 Å². The zero-order chi connectivity index (χ0) is 11.4. The van der Waals surface area contributed by atoms with Crippen molar-refractivity contribution in [3.8, 4) is 0 Å². The molecule has 0 radical (unpaired) electrons. The molecule has 0 atom stereocenters. The fourth-order valence-corrected chi connectivity index (χ4v) is 1.55. The van der Waals surface area contributed by atoms with Crippen LogP contribution in [0.1, 0.15) is 0 Å². The van der Waals surface area contributed by atoms with Crippen LogP contribution in [-0.2, 0) is 4.74 Å². The zero-order valence-corrected chi connectivity index (χ0v) is 8.64. The van der Waals surface area contributed by atoms with E-state index in [0.29, 0.717) is 0 Å². The molecule has 2 aromatic rings. The summed E-state index contributed by atoms with van der Waals surface area (Å²) in [6.07, 6.45) is 0.562. The average molecular weight is 213 g/mol. The molecular weight excluding hydrogens is 202 g/mol. The summed E-state index contributed by atoms with van der Waals surface area (Å²) in [4.78, 5) is 11.3. The Labute approximate surface area is 93.3 Å². The molecule has 0 spiro atoms. The SMILES string of the molecule is C=COC(=O)Nc1cccc2ccccc12. The van der Waals surface area contributed by atoms with Crippen molar-refractivity contribution >= 4 is 22.6 Å². The van der Waals surface area contributed by atoms with Gasteiger partial charge in [-0.15, -0.1) is 0 Å². The van der Waals surface area contributed by atoms with Gasteiger partial charge in [-0.2, -0.15) is 0 Å². The van der Waals surface area contributed by atoms with Gasteiger partial charge in [0.25, 0.3) is 0 Å². The molecule has 16 heavy (non-hydrogen) atoms. The lowest BCUT2D eigenvalue weighted by Gasteiger charge is -2.07. The maximum atomic E-state index is 11.3. The fraction of sp³-hybridized carbons (Fsp3) is 0. The van der Waals surface area contributed by atoms with Crippen LogP contribution >= 0.6 is 0 Å². The molecule has 2 aromatic carbocycles. The Morgan fingerprint density at radius 1 is 1.19 bits per heavy atom. The smallest absolute Gasteiger partial charge is 0.416 e. The largest absolute Gasteiger partial charge is 0.419 e. The van der Waals surface area contributed by atoms with Gasteiger partial charge in [0.15, 0.2) is 0 Å². The van der Waals surface area contributed by atoms with Crippen molar-refractivity contribution in [2.24, 2.45) is 0 Å². The number of hydrogen-bond donors (Lipinski definition) is 1. The Morgan fingerprint density at radius 2 is 1.94 bits per heavy atom. The molecule has 0 saturated carbocycles. The van der Waals surface area contributed by atoms with Crippen LogP contribution in [0.3, 0.4) is 0 Å². The Hall–Kier alpha value is -2.29. The molecule has 0 aliphatic rings. The number of fused-ring (bicyclic) bond motifs is 1. The number of anilines is 1. The number of ether oxygens (including phenoxy) is 1. The van der Waals surface area contributed by atoms with E-state index in [-0.39, 0.29) is 0 Å². The van der Waals surface area contributed by atoms with E-state index < -0.39 is 6.09 Å². The van der Waals surface area contributed by atoms with E-state index in [0.717, 1.165) is 22.7 Å². The van der Waals surface area contributed by atoms with Crippen LogP contribution in [0.4, 0.5) is 10.5 Å². The van der Waals surface area contributed by atoms with Crippen LogP contribution in [0.5, 0.6) is 0 Å². The van der Waals surface area contributed by atoms with E-state index >= 15 is 0 Å². The summed E-state index contributed by atoms with van der Waals surface area (Å²) < 4.78 is 4.61. The van der Waals surface area contributed by atoms with E-state index in [1.54, 1.807) is 0 Å². The normalized spacial score (nSPS) is 9.75. The third kappa shape index (κ3) is 2.03. The summed E-state index contributed by atoms with van der Waals surface area (Å²) in [5, 5.41) is 4.70. The highest BCUT2D eigenvalue weighted by Crippen LogP contribution is 2.22. The molecule has 0 aliphatic heterocycles. The van der Waals surface area contributed by atoms with Crippen molar-refractivity contribution in [1.29, 1.82) is 0 Å². The van der Waals surface area contributed by atoms with Crippen molar-refractivity contribution in [1.82, 2.24) is 0 Å². The second-order valence-electron chi connectivity index (χ2n) is 3.22. The molecule has 1 N–H and O–H groups in total. The van der Waals surface area contributed by atoms with Gasteiger partial charge in [-0.3, -0.25) is 5.32 Å². The van der Waals surface area contributed by atoms with Crippen molar-refractivity contribution in [2.75, 3.05) is 5.32 Å². The van der Waals surface area contributed by atoms with Gasteiger partial charge in [0.05, 0.1) is 11.9 Å². The third-order valence-corrected chi connectivity index (χ3v) is 2.22. The first-order valence-corrected chi connectivity index (χ1v) is 4.87. The highest BCUT2D eigenvalue weighted by molar-refractivity contribution is 6.00. The van der Waals surface area contributed by atoms with Gasteiger partial charge in [-0.05, 0) is 11.5 Å². The number of carbonyl (C=O) groups excluding carboxylic acids is 1. The van der Waals surface area contributed by atoms with Crippen molar-refractivity contribution < 1.29 is 9.53 Å². The lowest BCUT2D eigenvalue weighted by Crippen LogP contribution is -2.10. The van der Waals surface area contributed by atoms with Crippen LogP contribution < -0.4 is 5.32 Å². The predicted molar refractivity (Wildman–Crippen MR) is 64.2 cm³/mol. The molecule has 0 aromatic heterocycles. The lowest BCUT2D eigenvalue weighted by atomic mass is 10.1. The number of benzene rings is 2. The first kappa shape index (κ1) is 10.2. The first-order chi connectivity index (χ1) is 7.81. The van der Waals surface area contributed by atoms with Gasteiger partial charge in [-0.1, -0.05) is 43.0 Å². The zero-order valence-electron chi connectivity index (χ0n) is 8.64. The Kier molecular flexibility index (Phi) is 2.87. The molecule has 0 heterocycles. The molecule has 3 heteroatoms. The molecule has 0 fully saturated rings. The summed E-state index contributed by atoms with van der Waals surface area (Å²) in [5.41, 5.74) is 0.727. The molecule has 0 bridgehead atoms. The van der Waals surface area contributed by atoms with E-state index in [1.807, 2.05) is 42.5 Å².